The number of anilines is 1. The lowest BCUT2D eigenvalue weighted by molar-refractivity contribution is -0.119. The zero-order valence-corrected chi connectivity index (χ0v) is 15.4. The summed E-state index contributed by atoms with van der Waals surface area (Å²) in [6, 6.07) is 7.32. The molecule has 0 aromatic heterocycles. The average molecular weight is 344 g/mol. The molecule has 25 heavy (non-hydrogen) atoms. The molecule has 2 aliphatic rings. The number of nitrogens with zero attached hydrogens (tertiary/aromatic N) is 3. The molecule has 1 N–H and O–H groups in total. The Hall–Kier alpha value is -2.08. The number of benzene rings is 1. The van der Waals surface area contributed by atoms with Crippen molar-refractivity contribution in [2.45, 2.75) is 25.8 Å². The zero-order valence-electron chi connectivity index (χ0n) is 15.4. The molecule has 6 nitrogen and oxygen atoms in total. The van der Waals surface area contributed by atoms with Crippen molar-refractivity contribution in [1.29, 1.82) is 0 Å². The number of hydrogen-bond donors (Lipinski definition) is 1. The van der Waals surface area contributed by atoms with Crippen LogP contribution in [-0.4, -0.2) is 68.1 Å². The van der Waals surface area contributed by atoms with Crippen LogP contribution in [0.2, 0.25) is 0 Å². The van der Waals surface area contributed by atoms with E-state index in [2.05, 4.69) is 30.4 Å². The standard InChI is InChI=1S/C19H28N4O2/c1-14(18(24)23-11-9-16-6-4-5-7-17(16)23)20-19(25)22-10-8-15(13-22)12-21(2)3/h4-7,14-15H,8-13H2,1-3H3,(H,20,25). The van der Waals surface area contributed by atoms with Crippen molar-refractivity contribution in [2.24, 2.45) is 5.92 Å². The van der Waals surface area contributed by atoms with Crippen LogP contribution in [0.5, 0.6) is 0 Å². The van der Waals surface area contributed by atoms with Gasteiger partial charge in [-0.25, -0.2) is 4.79 Å². The Kier molecular flexibility index (Phi) is 5.27. The minimum atomic E-state index is -0.522. The predicted molar refractivity (Wildman–Crippen MR) is 98.7 cm³/mol. The molecule has 2 unspecified atom stereocenters. The third kappa shape index (κ3) is 3.95. The van der Waals surface area contributed by atoms with E-state index in [0.29, 0.717) is 12.5 Å². The summed E-state index contributed by atoms with van der Waals surface area (Å²) in [5, 5.41) is 2.89. The van der Waals surface area contributed by atoms with Gasteiger partial charge in [-0.15, -0.1) is 0 Å². The van der Waals surface area contributed by atoms with Gasteiger partial charge in [-0.2, -0.15) is 0 Å². The fourth-order valence-electron chi connectivity index (χ4n) is 3.82. The summed E-state index contributed by atoms with van der Waals surface area (Å²) >= 11 is 0. The summed E-state index contributed by atoms with van der Waals surface area (Å²) in [5.74, 6) is 0.472. The fourth-order valence-corrected chi connectivity index (χ4v) is 3.82. The zero-order chi connectivity index (χ0) is 18.0. The Bertz CT molecular complexity index is 646. The van der Waals surface area contributed by atoms with E-state index in [0.717, 1.165) is 38.2 Å². The van der Waals surface area contributed by atoms with Gasteiger partial charge in [-0.3, -0.25) is 4.79 Å². The Morgan fingerprint density at radius 3 is 2.80 bits per heavy atom. The molecule has 2 aliphatic heterocycles. The van der Waals surface area contributed by atoms with E-state index < -0.39 is 6.04 Å². The second-order valence-electron chi connectivity index (χ2n) is 7.40. The van der Waals surface area contributed by atoms with Crippen LogP contribution in [0, 0.1) is 5.92 Å². The molecule has 0 bridgehead atoms. The van der Waals surface area contributed by atoms with Gasteiger partial charge in [-0.1, -0.05) is 18.2 Å². The van der Waals surface area contributed by atoms with Crippen molar-refractivity contribution in [3.05, 3.63) is 29.8 Å². The van der Waals surface area contributed by atoms with Gasteiger partial charge in [0, 0.05) is 31.9 Å². The Balaban J connectivity index is 1.55. The minimum absolute atomic E-state index is 0.0395. The van der Waals surface area contributed by atoms with E-state index in [-0.39, 0.29) is 11.9 Å². The SMILES string of the molecule is CC(NC(=O)N1CCC(CN(C)C)C1)C(=O)N1CCc2ccccc21. The molecule has 2 heterocycles. The van der Waals surface area contributed by atoms with E-state index in [9.17, 15) is 9.59 Å². The molecule has 1 fully saturated rings. The Labute approximate surface area is 149 Å². The van der Waals surface area contributed by atoms with Crippen molar-refractivity contribution in [3.63, 3.8) is 0 Å². The van der Waals surface area contributed by atoms with Crippen LogP contribution < -0.4 is 10.2 Å². The molecule has 1 aromatic rings. The molecule has 3 amide bonds. The molecule has 2 atom stereocenters. The van der Waals surface area contributed by atoms with Crippen LogP contribution in [0.1, 0.15) is 18.9 Å². The molecule has 6 heteroatoms. The molecule has 136 valence electrons. The minimum Gasteiger partial charge on any atom is -0.326 e. The topological polar surface area (TPSA) is 55.9 Å². The maximum Gasteiger partial charge on any atom is 0.318 e. The van der Waals surface area contributed by atoms with Crippen molar-refractivity contribution < 1.29 is 9.59 Å². The number of fused-ring (bicyclic) bond motifs is 1. The number of para-hydroxylation sites is 1. The molecule has 0 spiro atoms. The summed E-state index contributed by atoms with van der Waals surface area (Å²) in [6.45, 7) is 4.97. The summed E-state index contributed by atoms with van der Waals surface area (Å²) in [4.78, 5) is 31.0. The lowest BCUT2D eigenvalue weighted by atomic mass is 10.1. The predicted octanol–water partition coefficient (Wildman–Crippen LogP) is 1.56. The first kappa shape index (κ1) is 17.7. The van der Waals surface area contributed by atoms with Gasteiger partial charge < -0.3 is 20.0 Å². The van der Waals surface area contributed by atoms with Crippen LogP contribution in [0.15, 0.2) is 24.3 Å². The van der Waals surface area contributed by atoms with E-state index in [1.807, 2.05) is 23.1 Å². The van der Waals surface area contributed by atoms with E-state index in [1.54, 1.807) is 11.8 Å². The van der Waals surface area contributed by atoms with Crippen LogP contribution in [0.4, 0.5) is 10.5 Å². The van der Waals surface area contributed by atoms with Crippen LogP contribution in [0.3, 0.4) is 0 Å². The number of carbonyl (C=O) groups excluding carboxylic acids is 2. The monoisotopic (exact) mass is 344 g/mol. The third-order valence-electron chi connectivity index (χ3n) is 5.06. The van der Waals surface area contributed by atoms with Gasteiger partial charge in [-0.05, 0) is 51.4 Å². The summed E-state index contributed by atoms with van der Waals surface area (Å²) < 4.78 is 0. The van der Waals surface area contributed by atoms with E-state index in [4.69, 9.17) is 0 Å². The van der Waals surface area contributed by atoms with Gasteiger partial charge in [0.25, 0.3) is 0 Å². The highest BCUT2D eigenvalue weighted by atomic mass is 16.2. The van der Waals surface area contributed by atoms with Crippen LogP contribution in [0.25, 0.3) is 0 Å². The molecular formula is C19H28N4O2. The molecular weight excluding hydrogens is 316 g/mol. The molecule has 1 aromatic carbocycles. The second-order valence-corrected chi connectivity index (χ2v) is 7.40. The third-order valence-corrected chi connectivity index (χ3v) is 5.06. The smallest absolute Gasteiger partial charge is 0.318 e. The maximum absolute atomic E-state index is 12.8. The number of likely N-dealkylation sites (tertiary alicyclic amines) is 1. The first-order valence-electron chi connectivity index (χ1n) is 9.05. The molecule has 0 radical (unpaired) electrons. The number of amides is 3. The second kappa shape index (κ2) is 7.44. The van der Waals surface area contributed by atoms with E-state index in [1.165, 1.54) is 5.56 Å². The first-order valence-corrected chi connectivity index (χ1v) is 9.05. The number of hydrogen-bond acceptors (Lipinski definition) is 3. The quantitative estimate of drug-likeness (QED) is 0.902. The lowest BCUT2D eigenvalue weighted by Gasteiger charge is -2.25. The number of nitrogens with one attached hydrogen (secondary N) is 1. The molecule has 0 aliphatic carbocycles. The van der Waals surface area contributed by atoms with Crippen molar-refractivity contribution in [3.8, 4) is 0 Å². The maximum atomic E-state index is 12.8. The molecule has 0 saturated carbocycles. The number of urea groups is 1. The highest BCUT2D eigenvalue weighted by molar-refractivity contribution is 6.00. The van der Waals surface area contributed by atoms with Gasteiger partial charge in [0.1, 0.15) is 6.04 Å². The highest BCUT2D eigenvalue weighted by Crippen LogP contribution is 2.28. The summed E-state index contributed by atoms with van der Waals surface area (Å²) in [5.41, 5.74) is 2.17. The normalized spacial score (nSPS) is 20.7. The summed E-state index contributed by atoms with van der Waals surface area (Å²) in [6.07, 6.45) is 1.90. The van der Waals surface area contributed by atoms with Crippen molar-refractivity contribution in [2.75, 3.05) is 45.2 Å². The van der Waals surface area contributed by atoms with Gasteiger partial charge >= 0.3 is 6.03 Å². The number of rotatable bonds is 4. The first-order chi connectivity index (χ1) is 12.0. The fraction of sp³-hybridized carbons (Fsp3) is 0.579. The Morgan fingerprint density at radius 2 is 2.04 bits per heavy atom. The molecule has 3 rings (SSSR count). The largest absolute Gasteiger partial charge is 0.326 e. The lowest BCUT2D eigenvalue weighted by Crippen LogP contribution is -2.50. The summed E-state index contributed by atoms with van der Waals surface area (Å²) in [7, 11) is 4.11. The van der Waals surface area contributed by atoms with Crippen LogP contribution in [-0.2, 0) is 11.2 Å². The Morgan fingerprint density at radius 1 is 1.28 bits per heavy atom. The van der Waals surface area contributed by atoms with E-state index >= 15 is 0 Å². The van der Waals surface area contributed by atoms with Gasteiger partial charge in [0.05, 0.1) is 0 Å². The van der Waals surface area contributed by atoms with Gasteiger partial charge in [0.2, 0.25) is 5.91 Å². The number of carbonyl (C=O) groups is 2. The highest BCUT2D eigenvalue weighted by Gasteiger charge is 2.31. The van der Waals surface area contributed by atoms with Crippen molar-refractivity contribution in [1.82, 2.24) is 15.1 Å². The van der Waals surface area contributed by atoms with Crippen LogP contribution >= 0.6 is 0 Å². The van der Waals surface area contributed by atoms with Gasteiger partial charge in [0.15, 0.2) is 0 Å². The average Bonchev–Trinajstić information content (AvgIpc) is 3.20. The van der Waals surface area contributed by atoms with Crippen molar-refractivity contribution >= 4 is 17.6 Å². The molecule has 1 saturated heterocycles.